The molecule has 2 rings (SSSR count). The molecule has 5 nitrogen and oxygen atoms in total. The minimum Gasteiger partial charge on any atom is -0.354 e. The normalized spacial score (nSPS) is 16.1. The number of alkyl halides is 3. The molecule has 0 spiro atoms. The van der Waals surface area contributed by atoms with Crippen LogP contribution in [0.25, 0.3) is 0 Å². The molecule has 1 aromatic rings. The van der Waals surface area contributed by atoms with Crippen LogP contribution in [0.15, 0.2) is 24.3 Å². The van der Waals surface area contributed by atoms with E-state index in [0.717, 1.165) is 12.1 Å². The molecular formula is C13H14F3N3O2. The number of urea groups is 1. The Kier molecular flexibility index (Phi) is 4.35. The Morgan fingerprint density at radius 3 is 2.76 bits per heavy atom. The molecule has 1 aliphatic heterocycles. The van der Waals surface area contributed by atoms with Gasteiger partial charge < -0.3 is 15.5 Å². The lowest BCUT2D eigenvalue weighted by Crippen LogP contribution is -2.37. The van der Waals surface area contributed by atoms with E-state index < -0.39 is 17.8 Å². The minimum absolute atomic E-state index is 0.0679. The van der Waals surface area contributed by atoms with Crippen LogP contribution in [-0.2, 0) is 11.0 Å². The van der Waals surface area contributed by atoms with Crippen molar-refractivity contribution in [3.8, 4) is 0 Å². The molecule has 2 N–H and O–H groups in total. The van der Waals surface area contributed by atoms with Gasteiger partial charge >= 0.3 is 12.2 Å². The summed E-state index contributed by atoms with van der Waals surface area (Å²) in [6, 6.07) is 3.90. The summed E-state index contributed by atoms with van der Waals surface area (Å²) < 4.78 is 37.8. The van der Waals surface area contributed by atoms with Crippen molar-refractivity contribution in [3.63, 3.8) is 0 Å². The van der Waals surface area contributed by atoms with Gasteiger partial charge in [0.25, 0.3) is 0 Å². The van der Waals surface area contributed by atoms with Crippen molar-refractivity contribution in [1.82, 2.24) is 10.2 Å². The van der Waals surface area contributed by atoms with Gasteiger partial charge in [-0.15, -0.1) is 0 Å². The smallest absolute Gasteiger partial charge is 0.354 e. The van der Waals surface area contributed by atoms with Crippen molar-refractivity contribution in [2.75, 3.05) is 25.0 Å². The van der Waals surface area contributed by atoms with Gasteiger partial charge in [0.1, 0.15) is 0 Å². The van der Waals surface area contributed by atoms with Crippen molar-refractivity contribution in [2.45, 2.75) is 12.6 Å². The first-order valence-electron chi connectivity index (χ1n) is 6.36. The van der Waals surface area contributed by atoms with E-state index >= 15 is 0 Å². The Morgan fingerprint density at radius 2 is 2.05 bits per heavy atom. The molecule has 1 aromatic carbocycles. The number of nitrogens with one attached hydrogen (secondary N) is 2. The number of nitrogens with zero attached hydrogens (tertiary/aromatic N) is 1. The van der Waals surface area contributed by atoms with E-state index in [9.17, 15) is 22.8 Å². The fourth-order valence-electron chi connectivity index (χ4n) is 1.95. The van der Waals surface area contributed by atoms with Crippen LogP contribution >= 0.6 is 0 Å². The third-order valence-corrected chi connectivity index (χ3v) is 3.04. The molecule has 0 bridgehead atoms. The van der Waals surface area contributed by atoms with Gasteiger partial charge in [0, 0.05) is 31.7 Å². The predicted molar refractivity (Wildman–Crippen MR) is 69.7 cm³/mol. The summed E-state index contributed by atoms with van der Waals surface area (Å²) in [5, 5.41) is 5.03. The molecule has 3 amide bonds. The molecule has 1 aliphatic rings. The van der Waals surface area contributed by atoms with Crippen LogP contribution in [0.3, 0.4) is 0 Å². The fraction of sp³-hybridized carbons (Fsp3) is 0.385. The number of carbonyl (C=O) groups is 2. The van der Waals surface area contributed by atoms with Crippen LogP contribution in [0.4, 0.5) is 23.7 Å². The maximum Gasteiger partial charge on any atom is 0.416 e. The summed E-state index contributed by atoms with van der Waals surface area (Å²) in [4.78, 5) is 24.5. The SMILES string of the molecule is O=C1CCN(C(=O)Nc2cccc(C(F)(F)F)c2)CCN1. The van der Waals surface area contributed by atoms with E-state index in [1.807, 2.05) is 0 Å². The third-order valence-electron chi connectivity index (χ3n) is 3.04. The number of amides is 3. The second-order valence-electron chi connectivity index (χ2n) is 4.60. The highest BCUT2D eigenvalue weighted by Crippen LogP contribution is 2.30. The van der Waals surface area contributed by atoms with Crippen molar-refractivity contribution in [2.24, 2.45) is 0 Å². The largest absolute Gasteiger partial charge is 0.416 e. The summed E-state index contributed by atoms with van der Waals surface area (Å²) in [6.07, 6.45) is -4.28. The van der Waals surface area contributed by atoms with Crippen LogP contribution in [0.5, 0.6) is 0 Å². The summed E-state index contributed by atoms with van der Waals surface area (Å²) in [5.74, 6) is -0.149. The van der Waals surface area contributed by atoms with E-state index in [0.29, 0.717) is 13.1 Å². The lowest BCUT2D eigenvalue weighted by atomic mass is 10.2. The quantitative estimate of drug-likeness (QED) is 0.834. The van der Waals surface area contributed by atoms with Gasteiger partial charge in [-0.3, -0.25) is 4.79 Å². The van der Waals surface area contributed by atoms with Gasteiger partial charge in [0.05, 0.1) is 5.56 Å². The van der Waals surface area contributed by atoms with E-state index in [4.69, 9.17) is 0 Å². The second-order valence-corrected chi connectivity index (χ2v) is 4.60. The average Bonchev–Trinajstić information content (AvgIpc) is 2.63. The Labute approximate surface area is 119 Å². The molecule has 1 heterocycles. The van der Waals surface area contributed by atoms with Crippen LogP contribution < -0.4 is 10.6 Å². The molecule has 8 heteroatoms. The van der Waals surface area contributed by atoms with Gasteiger partial charge in [-0.05, 0) is 18.2 Å². The van der Waals surface area contributed by atoms with E-state index in [2.05, 4.69) is 10.6 Å². The zero-order valence-corrected chi connectivity index (χ0v) is 11.0. The molecule has 0 atom stereocenters. The van der Waals surface area contributed by atoms with Crippen molar-refractivity contribution in [3.05, 3.63) is 29.8 Å². The highest BCUT2D eigenvalue weighted by atomic mass is 19.4. The highest BCUT2D eigenvalue weighted by molar-refractivity contribution is 5.90. The zero-order valence-electron chi connectivity index (χ0n) is 11.0. The van der Waals surface area contributed by atoms with E-state index in [1.54, 1.807) is 0 Å². The number of rotatable bonds is 1. The van der Waals surface area contributed by atoms with Crippen LogP contribution in [0, 0.1) is 0 Å². The van der Waals surface area contributed by atoms with Gasteiger partial charge in [0.15, 0.2) is 0 Å². The number of hydrogen-bond donors (Lipinski definition) is 2. The lowest BCUT2D eigenvalue weighted by molar-refractivity contribution is -0.137. The van der Waals surface area contributed by atoms with Crippen molar-refractivity contribution >= 4 is 17.6 Å². The van der Waals surface area contributed by atoms with E-state index in [1.165, 1.54) is 17.0 Å². The minimum atomic E-state index is -4.46. The summed E-state index contributed by atoms with van der Waals surface area (Å²) in [6.45, 7) is 0.877. The Bertz CT molecular complexity index is 546. The summed E-state index contributed by atoms with van der Waals surface area (Å²) >= 11 is 0. The van der Waals surface area contributed by atoms with Gasteiger partial charge in [-0.25, -0.2) is 4.79 Å². The molecule has 1 fully saturated rings. The number of benzene rings is 1. The number of halogens is 3. The molecule has 114 valence electrons. The van der Waals surface area contributed by atoms with Crippen molar-refractivity contribution in [1.29, 1.82) is 0 Å². The molecule has 0 aromatic heterocycles. The molecular weight excluding hydrogens is 287 g/mol. The fourth-order valence-corrected chi connectivity index (χ4v) is 1.95. The lowest BCUT2D eigenvalue weighted by Gasteiger charge is -2.20. The molecule has 0 unspecified atom stereocenters. The zero-order chi connectivity index (χ0) is 15.5. The molecule has 1 saturated heterocycles. The maximum atomic E-state index is 12.6. The average molecular weight is 301 g/mol. The Morgan fingerprint density at radius 1 is 1.29 bits per heavy atom. The van der Waals surface area contributed by atoms with Crippen LogP contribution in [-0.4, -0.2) is 36.5 Å². The third kappa shape index (κ3) is 4.11. The Balaban J connectivity index is 2.04. The predicted octanol–water partition coefficient (Wildman–Crippen LogP) is 2.06. The summed E-state index contributed by atoms with van der Waals surface area (Å²) in [5.41, 5.74) is -0.758. The second kappa shape index (κ2) is 6.02. The maximum absolute atomic E-state index is 12.6. The van der Waals surface area contributed by atoms with Gasteiger partial charge in [-0.2, -0.15) is 13.2 Å². The molecule has 0 saturated carbocycles. The van der Waals surface area contributed by atoms with Gasteiger partial charge in [0.2, 0.25) is 5.91 Å². The first-order chi connectivity index (χ1) is 9.86. The van der Waals surface area contributed by atoms with E-state index in [-0.39, 0.29) is 24.6 Å². The number of carbonyl (C=O) groups excluding carboxylic acids is 2. The molecule has 21 heavy (non-hydrogen) atoms. The van der Waals surface area contributed by atoms with Crippen molar-refractivity contribution < 1.29 is 22.8 Å². The highest BCUT2D eigenvalue weighted by Gasteiger charge is 2.30. The topological polar surface area (TPSA) is 61.4 Å². The summed E-state index contributed by atoms with van der Waals surface area (Å²) in [7, 11) is 0. The molecule has 0 radical (unpaired) electrons. The number of anilines is 1. The standard InChI is InChI=1S/C13H14F3N3O2/c14-13(15,16)9-2-1-3-10(8-9)18-12(21)19-6-4-11(20)17-5-7-19/h1-3,8H,4-7H2,(H,17,20)(H,18,21). The first kappa shape index (κ1) is 15.1. The molecule has 0 aliphatic carbocycles. The Hall–Kier alpha value is -2.25. The monoisotopic (exact) mass is 301 g/mol. The number of hydrogen-bond acceptors (Lipinski definition) is 2. The first-order valence-corrected chi connectivity index (χ1v) is 6.36. The van der Waals surface area contributed by atoms with Crippen LogP contribution in [0.2, 0.25) is 0 Å². The van der Waals surface area contributed by atoms with Gasteiger partial charge in [-0.1, -0.05) is 6.07 Å². The van der Waals surface area contributed by atoms with Crippen LogP contribution in [0.1, 0.15) is 12.0 Å².